The Balaban J connectivity index is 3.23. The van der Waals surface area contributed by atoms with Gasteiger partial charge in [0.25, 0.3) is 0 Å². The van der Waals surface area contributed by atoms with Gasteiger partial charge in [0.1, 0.15) is 12.4 Å². The van der Waals surface area contributed by atoms with Gasteiger partial charge in [-0.25, -0.2) is 0 Å². The quantitative estimate of drug-likeness (QED) is 0.743. The molecule has 0 atom stereocenters. The number of phenols is 1. The fraction of sp³-hybridized carbons (Fsp3) is 0.667. The number of carbonyl (C=O) groups excluding carboxylic acids is 1. The molecular weight excluding hydrogens is 300 g/mol. The summed E-state index contributed by atoms with van der Waals surface area (Å²) >= 11 is 0. The molecule has 0 fully saturated rings. The molecule has 0 amide bonds. The molecule has 0 aliphatic heterocycles. The number of benzene rings is 1. The Morgan fingerprint density at radius 1 is 0.958 bits per heavy atom. The van der Waals surface area contributed by atoms with E-state index in [2.05, 4.69) is 41.5 Å². The summed E-state index contributed by atoms with van der Waals surface area (Å²) in [4.78, 5) is 12.2. The summed E-state index contributed by atoms with van der Waals surface area (Å²) in [5.41, 5.74) is 1.84. The van der Waals surface area contributed by atoms with Gasteiger partial charge in [0.15, 0.2) is 0 Å². The maximum absolute atomic E-state index is 12.2. The van der Waals surface area contributed by atoms with Crippen LogP contribution in [-0.4, -0.2) is 11.1 Å². The van der Waals surface area contributed by atoms with Crippen molar-refractivity contribution >= 4 is 5.97 Å². The van der Waals surface area contributed by atoms with E-state index in [0.29, 0.717) is 5.75 Å². The van der Waals surface area contributed by atoms with Crippen molar-refractivity contribution in [2.24, 2.45) is 5.41 Å². The topological polar surface area (TPSA) is 46.5 Å². The second-order valence-corrected chi connectivity index (χ2v) is 9.35. The van der Waals surface area contributed by atoms with Gasteiger partial charge in [-0.1, -0.05) is 48.5 Å². The van der Waals surface area contributed by atoms with Crippen molar-refractivity contribution in [3.8, 4) is 5.75 Å². The van der Waals surface area contributed by atoms with E-state index in [9.17, 15) is 9.90 Å². The molecule has 0 saturated carbocycles. The van der Waals surface area contributed by atoms with Crippen molar-refractivity contribution in [1.29, 1.82) is 0 Å². The number of hydrogen-bond donors (Lipinski definition) is 1. The molecule has 0 heterocycles. The van der Waals surface area contributed by atoms with Crippen molar-refractivity contribution in [2.45, 2.75) is 86.2 Å². The van der Waals surface area contributed by atoms with Gasteiger partial charge in [-0.2, -0.15) is 0 Å². The maximum Gasteiger partial charge on any atom is 0.311 e. The summed E-state index contributed by atoms with van der Waals surface area (Å²) in [5.74, 6) is 0.159. The highest BCUT2D eigenvalue weighted by atomic mass is 16.5. The fourth-order valence-corrected chi connectivity index (χ4v) is 2.41. The fourth-order valence-electron chi connectivity index (χ4n) is 2.41. The molecule has 1 N–H and O–H groups in total. The van der Waals surface area contributed by atoms with Crippen LogP contribution in [0.1, 0.15) is 85.4 Å². The molecule has 24 heavy (non-hydrogen) atoms. The van der Waals surface area contributed by atoms with Crippen LogP contribution in [0.25, 0.3) is 0 Å². The predicted molar refractivity (Wildman–Crippen MR) is 99.4 cm³/mol. The molecule has 0 radical (unpaired) electrons. The number of ether oxygens (including phenoxy) is 1. The van der Waals surface area contributed by atoms with Gasteiger partial charge in [0.05, 0.1) is 5.41 Å². The monoisotopic (exact) mass is 334 g/mol. The number of rotatable bonds is 4. The molecule has 0 aromatic heterocycles. The maximum atomic E-state index is 12.2. The third-order valence-electron chi connectivity index (χ3n) is 4.59. The molecule has 0 aliphatic rings. The minimum Gasteiger partial charge on any atom is -0.507 e. The Morgan fingerprint density at radius 2 is 1.38 bits per heavy atom. The summed E-state index contributed by atoms with van der Waals surface area (Å²) in [5, 5.41) is 10.7. The molecule has 0 saturated heterocycles. The van der Waals surface area contributed by atoms with E-state index in [0.717, 1.165) is 23.1 Å². The van der Waals surface area contributed by atoms with Crippen molar-refractivity contribution in [1.82, 2.24) is 0 Å². The average Bonchev–Trinajstić information content (AvgIpc) is 2.43. The minimum absolute atomic E-state index is 0.187. The third-order valence-corrected chi connectivity index (χ3v) is 4.59. The minimum atomic E-state index is -0.476. The van der Waals surface area contributed by atoms with Gasteiger partial charge >= 0.3 is 5.97 Å². The zero-order valence-corrected chi connectivity index (χ0v) is 16.8. The van der Waals surface area contributed by atoms with Crippen molar-refractivity contribution in [3.05, 3.63) is 28.8 Å². The predicted octanol–water partition coefficient (Wildman–Crippen LogP) is 5.47. The largest absolute Gasteiger partial charge is 0.507 e. The molecule has 1 aromatic carbocycles. The molecule has 1 rings (SSSR count). The normalized spacial score (nSPS) is 13.0. The molecule has 0 unspecified atom stereocenters. The van der Waals surface area contributed by atoms with Gasteiger partial charge < -0.3 is 9.84 Å². The summed E-state index contributed by atoms with van der Waals surface area (Å²) in [6.45, 7) is 18.4. The molecule has 0 spiro atoms. The summed E-state index contributed by atoms with van der Waals surface area (Å²) in [6, 6.07) is 3.91. The first-order valence-electron chi connectivity index (χ1n) is 8.74. The van der Waals surface area contributed by atoms with Crippen LogP contribution in [0.4, 0.5) is 0 Å². The van der Waals surface area contributed by atoms with E-state index in [4.69, 9.17) is 4.74 Å². The zero-order valence-electron chi connectivity index (χ0n) is 16.8. The number of hydrogen-bond acceptors (Lipinski definition) is 3. The smallest absolute Gasteiger partial charge is 0.311 e. The summed E-state index contributed by atoms with van der Waals surface area (Å²) in [7, 11) is 0. The van der Waals surface area contributed by atoms with Crippen LogP contribution in [0.2, 0.25) is 0 Å². The molecule has 0 aliphatic carbocycles. The van der Waals surface area contributed by atoms with E-state index in [-0.39, 0.29) is 23.4 Å². The van der Waals surface area contributed by atoms with Crippen LogP contribution in [0, 0.1) is 5.41 Å². The van der Waals surface area contributed by atoms with Gasteiger partial charge in [-0.15, -0.1) is 0 Å². The molecule has 136 valence electrons. The Bertz CT molecular complexity index is 563. The van der Waals surface area contributed by atoms with Gasteiger partial charge in [0.2, 0.25) is 0 Å². The lowest BCUT2D eigenvalue weighted by Gasteiger charge is -2.28. The molecule has 3 nitrogen and oxygen atoms in total. The first kappa shape index (κ1) is 20.5. The second-order valence-electron chi connectivity index (χ2n) is 9.35. The molecule has 1 aromatic rings. The van der Waals surface area contributed by atoms with Crippen molar-refractivity contribution in [3.63, 3.8) is 0 Å². The summed E-state index contributed by atoms with van der Waals surface area (Å²) in [6.07, 6.45) is 0.738. The van der Waals surface area contributed by atoms with Gasteiger partial charge in [-0.3, -0.25) is 4.79 Å². The number of esters is 1. The Kier molecular flexibility index (Phi) is 5.80. The van der Waals surface area contributed by atoms with Crippen molar-refractivity contribution < 1.29 is 14.6 Å². The Labute approximate surface area is 147 Å². The van der Waals surface area contributed by atoms with Gasteiger partial charge in [-0.05, 0) is 59.9 Å². The Morgan fingerprint density at radius 3 is 1.71 bits per heavy atom. The molecular formula is C21H34O3. The molecule has 3 heteroatoms. The van der Waals surface area contributed by atoms with Crippen LogP contribution in [0.5, 0.6) is 5.75 Å². The van der Waals surface area contributed by atoms with Crippen LogP contribution in [0.15, 0.2) is 12.1 Å². The van der Waals surface area contributed by atoms with E-state index < -0.39 is 5.41 Å². The highest BCUT2D eigenvalue weighted by Gasteiger charge is 2.29. The van der Waals surface area contributed by atoms with Crippen LogP contribution in [0.3, 0.4) is 0 Å². The molecule has 0 bridgehead atoms. The van der Waals surface area contributed by atoms with Crippen LogP contribution in [-0.2, 0) is 27.0 Å². The first-order chi connectivity index (χ1) is 10.7. The highest BCUT2D eigenvalue weighted by molar-refractivity contribution is 5.75. The van der Waals surface area contributed by atoms with E-state index >= 15 is 0 Å². The zero-order chi connectivity index (χ0) is 18.9. The lowest BCUT2D eigenvalue weighted by Crippen LogP contribution is -2.25. The second kappa shape index (κ2) is 6.78. The van der Waals surface area contributed by atoms with E-state index in [1.54, 1.807) is 0 Å². The van der Waals surface area contributed by atoms with E-state index in [1.165, 1.54) is 0 Å². The standard InChI is InChI=1S/C21H34O3/c1-10-21(8,9)18(23)24-13-14-11-15(19(2,3)4)17(22)16(12-14)20(5,6)7/h11-12,22H,10,13H2,1-9H3. The SMILES string of the molecule is CCC(C)(C)C(=O)OCc1cc(C(C)(C)C)c(O)c(C(C)(C)C)c1. The van der Waals surface area contributed by atoms with E-state index in [1.807, 2.05) is 32.9 Å². The number of carbonyl (C=O) groups is 1. The van der Waals surface area contributed by atoms with Crippen LogP contribution >= 0.6 is 0 Å². The number of phenolic OH excluding ortho intramolecular Hbond substituents is 1. The lowest BCUT2D eigenvalue weighted by atomic mass is 9.78. The first-order valence-corrected chi connectivity index (χ1v) is 8.74. The van der Waals surface area contributed by atoms with Gasteiger partial charge in [0, 0.05) is 0 Å². The highest BCUT2D eigenvalue weighted by Crippen LogP contribution is 2.40. The number of aromatic hydroxyl groups is 1. The summed E-state index contributed by atoms with van der Waals surface area (Å²) < 4.78 is 5.54. The average molecular weight is 335 g/mol. The Hall–Kier alpha value is -1.51. The van der Waals surface area contributed by atoms with Crippen LogP contribution < -0.4 is 0 Å². The van der Waals surface area contributed by atoms with Crippen molar-refractivity contribution in [2.75, 3.05) is 0 Å². The lowest BCUT2D eigenvalue weighted by molar-refractivity contribution is -0.155. The third kappa shape index (κ3) is 4.75.